The summed E-state index contributed by atoms with van der Waals surface area (Å²) in [6.45, 7) is 1.73. The maximum absolute atomic E-state index is 13.4. The Morgan fingerprint density at radius 1 is 1.13 bits per heavy atom. The molecule has 4 rings (SSSR count). The van der Waals surface area contributed by atoms with E-state index >= 15 is 0 Å². The van der Waals surface area contributed by atoms with E-state index in [1.807, 2.05) is 0 Å². The number of anilines is 1. The van der Waals surface area contributed by atoms with Crippen molar-refractivity contribution in [2.75, 3.05) is 26.4 Å². The van der Waals surface area contributed by atoms with E-state index in [4.69, 9.17) is 16.2 Å². The fourth-order valence-corrected chi connectivity index (χ4v) is 5.79. The Bertz CT molecular complexity index is 1450. The van der Waals surface area contributed by atoms with Crippen LogP contribution in [0, 0.1) is 11.8 Å². The lowest BCUT2D eigenvalue weighted by Crippen LogP contribution is -2.71. The highest BCUT2D eigenvalue weighted by Crippen LogP contribution is 2.58. The highest BCUT2D eigenvalue weighted by molar-refractivity contribution is 6.24. The van der Waals surface area contributed by atoms with E-state index in [0.29, 0.717) is 0 Å². The zero-order chi connectivity index (χ0) is 29.1. The van der Waals surface area contributed by atoms with Gasteiger partial charge >= 0.3 is 5.97 Å². The van der Waals surface area contributed by atoms with Crippen molar-refractivity contribution in [2.24, 2.45) is 17.6 Å². The highest BCUT2D eigenvalue weighted by atomic mass is 16.5. The number of amides is 1. The number of nitrogen functional groups attached to an aromatic ring is 1. The fraction of sp³-hybridized carbons (Fsp3) is 0.385. The number of Topliss-reactive ketones (excluding diaryl/α,β-unsaturated/α-hetero) is 2. The molecule has 0 aliphatic heterocycles. The first-order valence-corrected chi connectivity index (χ1v) is 12.0. The number of ketones is 2. The van der Waals surface area contributed by atoms with Crippen molar-refractivity contribution < 1.29 is 49.4 Å². The van der Waals surface area contributed by atoms with Crippen LogP contribution >= 0.6 is 0 Å². The number of ether oxygens (including phenoxy) is 1. The number of aliphatic hydroxyl groups excluding tert-OH is 2. The van der Waals surface area contributed by atoms with Crippen LogP contribution in [0.1, 0.15) is 35.8 Å². The van der Waals surface area contributed by atoms with Gasteiger partial charge in [0.2, 0.25) is 5.91 Å². The van der Waals surface area contributed by atoms with Crippen LogP contribution < -0.4 is 11.5 Å². The normalized spacial score (nSPS) is 28.5. The lowest BCUT2D eigenvalue weighted by molar-refractivity contribution is -0.202. The average molecular weight is 544 g/mol. The number of carbonyl (C=O) groups is 4. The predicted molar refractivity (Wildman–Crippen MR) is 136 cm³/mol. The molecule has 1 saturated carbocycles. The second-order valence-electron chi connectivity index (χ2n) is 9.81. The summed E-state index contributed by atoms with van der Waals surface area (Å²) >= 11 is 0. The van der Waals surface area contributed by atoms with Crippen molar-refractivity contribution in [1.82, 2.24) is 4.90 Å². The van der Waals surface area contributed by atoms with Crippen LogP contribution in [0.4, 0.5) is 5.69 Å². The number of nitrogens with two attached hydrogens (primary N) is 2. The summed E-state index contributed by atoms with van der Waals surface area (Å²) in [5, 5.41) is 56.5. The summed E-state index contributed by atoms with van der Waals surface area (Å²) in [5.41, 5.74) is 7.70. The molecule has 1 fully saturated rings. The van der Waals surface area contributed by atoms with Crippen molar-refractivity contribution >= 4 is 46.0 Å². The van der Waals surface area contributed by atoms with Gasteiger partial charge in [-0.15, -0.1) is 0 Å². The van der Waals surface area contributed by atoms with E-state index in [0.717, 1.165) is 6.08 Å². The third-order valence-corrected chi connectivity index (χ3v) is 7.51. The SMILES string of the molecule is CCOC(=O)C=Cc1ccc2c(N)c3c(c(O)c2c1O)C(O)[C@]1(O)C(=O)C(C(N)=O)C(=O)[C@@H](N(C)C)[C@@H]1[C@H]3O. The van der Waals surface area contributed by atoms with Gasteiger partial charge < -0.3 is 41.7 Å². The molecule has 208 valence electrons. The van der Waals surface area contributed by atoms with Crippen molar-refractivity contribution in [3.63, 3.8) is 0 Å². The van der Waals surface area contributed by atoms with Crippen LogP contribution in [0.25, 0.3) is 16.8 Å². The average Bonchev–Trinajstić information content (AvgIpc) is 2.85. The lowest BCUT2D eigenvalue weighted by Gasteiger charge is -2.53. The number of rotatable bonds is 5. The first-order valence-electron chi connectivity index (χ1n) is 12.0. The Morgan fingerprint density at radius 3 is 2.33 bits per heavy atom. The van der Waals surface area contributed by atoms with Crippen LogP contribution in [0.2, 0.25) is 0 Å². The van der Waals surface area contributed by atoms with Crippen LogP contribution in [-0.4, -0.2) is 86.2 Å². The van der Waals surface area contributed by atoms with Gasteiger partial charge in [-0.25, -0.2) is 4.79 Å². The largest absolute Gasteiger partial charge is 0.507 e. The van der Waals surface area contributed by atoms with Crippen molar-refractivity contribution in [3.8, 4) is 11.5 Å². The number of nitrogens with zero attached hydrogens (tertiary/aromatic N) is 1. The van der Waals surface area contributed by atoms with Gasteiger partial charge in [-0.3, -0.25) is 19.3 Å². The van der Waals surface area contributed by atoms with Crippen molar-refractivity contribution in [1.29, 1.82) is 0 Å². The van der Waals surface area contributed by atoms with Gasteiger partial charge in [-0.2, -0.15) is 0 Å². The quantitative estimate of drug-likeness (QED) is 0.0792. The molecule has 2 aromatic rings. The monoisotopic (exact) mass is 543 g/mol. The number of primary amides is 1. The zero-order valence-electron chi connectivity index (χ0n) is 21.3. The molecule has 39 heavy (non-hydrogen) atoms. The van der Waals surface area contributed by atoms with E-state index in [2.05, 4.69) is 0 Å². The van der Waals surface area contributed by atoms with Gasteiger partial charge in [0.1, 0.15) is 17.6 Å². The van der Waals surface area contributed by atoms with Crippen LogP contribution in [0.3, 0.4) is 0 Å². The number of esters is 1. The Kier molecular flexibility index (Phi) is 6.89. The molecule has 0 aromatic heterocycles. The molecular formula is C26H29N3O10. The van der Waals surface area contributed by atoms with E-state index in [-0.39, 0.29) is 34.2 Å². The molecule has 6 atom stereocenters. The molecule has 2 unspecified atom stereocenters. The van der Waals surface area contributed by atoms with Crippen molar-refractivity contribution in [3.05, 3.63) is 34.9 Å². The number of benzene rings is 2. The molecule has 0 heterocycles. The molecule has 9 N–H and O–H groups in total. The number of carbonyl (C=O) groups excluding carboxylic acids is 4. The summed E-state index contributed by atoms with van der Waals surface area (Å²) in [7, 11) is 2.83. The molecule has 13 nitrogen and oxygen atoms in total. The van der Waals surface area contributed by atoms with Crippen LogP contribution in [0.5, 0.6) is 11.5 Å². The molecule has 0 saturated heterocycles. The predicted octanol–water partition coefficient (Wildman–Crippen LogP) is -0.979. The molecular weight excluding hydrogens is 514 g/mol. The second-order valence-corrected chi connectivity index (χ2v) is 9.81. The number of hydrogen-bond acceptors (Lipinski definition) is 12. The molecule has 0 radical (unpaired) electrons. The number of aliphatic hydroxyl groups is 3. The number of phenolic OH excluding ortho intramolecular Hbond substituents is 2. The first kappa shape index (κ1) is 28.0. The van der Waals surface area contributed by atoms with E-state index in [1.165, 1.54) is 37.2 Å². The minimum Gasteiger partial charge on any atom is -0.507 e. The molecule has 0 bridgehead atoms. The minimum atomic E-state index is -2.95. The number of hydrogen-bond donors (Lipinski definition) is 7. The lowest BCUT2D eigenvalue weighted by atomic mass is 9.56. The first-order chi connectivity index (χ1) is 18.2. The number of fused-ring (bicyclic) bond motifs is 3. The molecule has 2 aliphatic carbocycles. The Hall–Kier alpha value is -4.04. The summed E-state index contributed by atoms with van der Waals surface area (Å²) in [4.78, 5) is 51.6. The maximum Gasteiger partial charge on any atom is 0.330 e. The maximum atomic E-state index is 13.4. The second kappa shape index (κ2) is 9.61. The zero-order valence-corrected chi connectivity index (χ0v) is 21.3. The van der Waals surface area contributed by atoms with E-state index in [9.17, 15) is 44.7 Å². The molecule has 13 heteroatoms. The third kappa shape index (κ3) is 3.85. The van der Waals surface area contributed by atoms with Gasteiger partial charge in [0.05, 0.1) is 30.1 Å². The standard InChI is InChI=1S/C26H29N3O10/c1-4-39-11(30)8-6-9-5-7-10-12(19(9)31)20(32)14-13(17(10)27)21(33)16-18(29(2)3)22(34)15(25(28)37)24(36)26(16,38)23(14)35/h5-8,15-16,18,21,23,31-33,35,38H,4,27H2,1-3H3,(H2,28,37)/t15?,16-,18+,21+,23?,26+/m1/s1. The number of aromatic hydroxyl groups is 2. The van der Waals surface area contributed by atoms with Gasteiger partial charge in [-0.1, -0.05) is 12.1 Å². The summed E-state index contributed by atoms with van der Waals surface area (Å²) in [6, 6.07) is 1.31. The fourth-order valence-electron chi connectivity index (χ4n) is 5.79. The Balaban J connectivity index is 2.01. The van der Waals surface area contributed by atoms with Crippen molar-refractivity contribution in [2.45, 2.75) is 30.8 Å². The van der Waals surface area contributed by atoms with E-state index < -0.39 is 76.2 Å². The topological polar surface area (TPSA) is 234 Å². The molecule has 2 aromatic carbocycles. The highest BCUT2D eigenvalue weighted by Gasteiger charge is 2.68. The van der Waals surface area contributed by atoms with E-state index in [1.54, 1.807) is 6.92 Å². The summed E-state index contributed by atoms with van der Waals surface area (Å²) < 4.78 is 4.81. The minimum absolute atomic E-state index is 0.0404. The van der Waals surface area contributed by atoms with Gasteiger partial charge in [0, 0.05) is 33.8 Å². The number of likely N-dealkylation sites (N-methyl/N-ethyl adjacent to an activating group) is 1. The molecule has 1 amide bonds. The van der Waals surface area contributed by atoms with Crippen LogP contribution in [-0.2, 0) is 23.9 Å². The van der Waals surface area contributed by atoms with Gasteiger partial charge in [-0.05, 0) is 27.1 Å². The molecule has 0 spiro atoms. The number of phenols is 2. The Morgan fingerprint density at radius 2 is 1.77 bits per heavy atom. The van der Waals surface area contributed by atoms with Gasteiger partial charge in [0.15, 0.2) is 23.1 Å². The van der Waals surface area contributed by atoms with Gasteiger partial charge in [0.25, 0.3) is 0 Å². The summed E-state index contributed by atoms with van der Waals surface area (Å²) in [5.74, 6) is -9.67. The Labute approximate surface area is 221 Å². The third-order valence-electron chi connectivity index (χ3n) is 7.51. The molecule has 2 aliphatic rings. The smallest absolute Gasteiger partial charge is 0.330 e. The summed E-state index contributed by atoms with van der Waals surface area (Å²) in [6.07, 6.45) is -1.93. The van der Waals surface area contributed by atoms with Crippen LogP contribution in [0.15, 0.2) is 18.2 Å².